The summed E-state index contributed by atoms with van der Waals surface area (Å²) in [5.74, 6) is 0.573. The lowest BCUT2D eigenvalue weighted by molar-refractivity contribution is 0.251. The molecule has 1 aromatic rings. The molecule has 0 amide bonds. The Bertz CT molecular complexity index is 424. The lowest BCUT2D eigenvalue weighted by atomic mass is 10.1. The lowest BCUT2D eigenvalue weighted by Gasteiger charge is -2.26. The fourth-order valence-corrected chi connectivity index (χ4v) is 2.79. The number of hydrogen-bond acceptors (Lipinski definition) is 2. The summed E-state index contributed by atoms with van der Waals surface area (Å²) >= 11 is 0. The third-order valence-corrected chi connectivity index (χ3v) is 4.04. The van der Waals surface area contributed by atoms with Crippen molar-refractivity contribution in [2.45, 2.75) is 38.6 Å². The Labute approximate surface area is 128 Å². The minimum atomic E-state index is 0.347. The van der Waals surface area contributed by atoms with Gasteiger partial charge in [0.15, 0.2) is 5.96 Å². The molecule has 3 N–H and O–H groups in total. The van der Waals surface area contributed by atoms with E-state index in [0.29, 0.717) is 12.0 Å². The van der Waals surface area contributed by atoms with Crippen molar-refractivity contribution in [3.63, 3.8) is 0 Å². The molecule has 0 radical (unpaired) electrons. The maximum atomic E-state index is 5.96. The molecular weight excluding hydrogens is 260 g/mol. The van der Waals surface area contributed by atoms with Gasteiger partial charge in [-0.25, -0.2) is 0 Å². The van der Waals surface area contributed by atoms with Crippen molar-refractivity contribution in [3.8, 4) is 0 Å². The van der Waals surface area contributed by atoms with Gasteiger partial charge in [0.2, 0.25) is 0 Å². The molecule has 1 fully saturated rings. The molecule has 1 heterocycles. The van der Waals surface area contributed by atoms with Crippen molar-refractivity contribution in [1.82, 2.24) is 10.2 Å². The number of nitrogens with one attached hydrogen (secondary N) is 1. The second-order valence-electron chi connectivity index (χ2n) is 5.68. The van der Waals surface area contributed by atoms with Crippen LogP contribution in [0.3, 0.4) is 0 Å². The molecule has 4 nitrogen and oxygen atoms in total. The second-order valence-corrected chi connectivity index (χ2v) is 5.68. The monoisotopic (exact) mass is 288 g/mol. The van der Waals surface area contributed by atoms with E-state index >= 15 is 0 Å². The molecule has 2 rings (SSSR count). The standard InChI is InChI=1S/C17H28N4/c1-2-3-11-19-17(18)20-14-16(21-12-7-8-13-21)15-9-5-4-6-10-15/h4-6,9-10,16H,2-3,7-8,11-14H2,1H3,(H3,18,19,20). The van der Waals surface area contributed by atoms with E-state index in [9.17, 15) is 0 Å². The Morgan fingerprint density at radius 3 is 2.67 bits per heavy atom. The molecule has 4 heteroatoms. The summed E-state index contributed by atoms with van der Waals surface area (Å²) in [7, 11) is 0. The highest BCUT2D eigenvalue weighted by atomic mass is 15.2. The van der Waals surface area contributed by atoms with E-state index < -0.39 is 0 Å². The number of nitrogens with zero attached hydrogens (tertiary/aromatic N) is 2. The third kappa shape index (κ3) is 5.05. The first-order chi connectivity index (χ1) is 10.3. The Kier molecular flexibility index (Phi) is 6.54. The highest BCUT2D eigenvalue weighted by Crippen LogP contribution is 2.25. The fraction of sp³-hybridized carbons (Fsp3) is 0.588. The number of hydrogen-bond donors (Lipinski definition) is 2. The van der Waals surface area contributed by atoms with Crippen LogP contribution < -0.4 is 11.1 Å². The second kappa shape index (κ2) is 8.67. The lowest BCUT2D eigenvalue weighted by Crippen LogP contribution is -2.34. The SMILES string of the molecule is CCCCNC(N)=NCC(c1ccccc1)N1CCCC1. The zero-order chi connectivity index (χ0) is 14.9. The fourth-order valence-electron chi connectivity index (χ4n) is 2.79. The minimum Gasteiger partial charge on any atom is -0.370 e. The van der Waals surface area contributed by atoms with Crippen molar-refractivity contribution in [3.05, 3.63) is 35.9 Å². The van der Waals surface area contributed by atoms with Crippen LogP contribution in [0.15, 0.2) is 35.3 Å². The normalized spacial score (nSPS) is 17.9. The van der Waals surface area contributed by atoms with E-state index in [4.69, 9.17) is 5.73 Å². The van der Waals surface area contributed by atoms with Crippen LogP contribution in [0.2, 0.25) is 0 Å². The van der Waals surface area contributed by atoms with E-state index in [1.807, 2.05) is 0 Å². The topological polar surface area (TPSA) is 53.6 Å². The molecule has 0 saturated carbocycles. The molecule has 1 aliphatic heterocycles. The summed E-state index contributed by atoms with van der Waals surface area (Å²) < 4.78 is 0. The van der Waals surface area contributed by atoms with Crippen molar-refractivity contribution < 1.29 is 0 Å². The average molecular weight is 288 g/mol. The molecular formula is C17H28N4. The molecule has 1 aromatic carbocycles. The summed E-state index contributed by atoms with van der Waals surface area (Å²) in [6.07, 6.45) is 4.87. The number of nitrogens with two attached hydrogens (primary N) is 1. The van der Waals surface area contributed by atoms with Crippen molar-refractivity contribution in [1.29, 1.82) is 0 Å². The van der Waals surface area contributed by atoms with Gasteiger partial charge in [-0.1, -0.05) is 43.7 Å². The zero-order valence-electron chi connectivity index (χ0n) is 13.1. The summed E-state index contributed by atoms with van der Waals surface area (Å²) in [6.45, 7) is 6.14. The van der Waals surface area contributed by atoms with Gasteiger partial charge < -0.3 is 11.1 Å². The number of unbranched alkanes of at least 4 members (excludes halogenated alkanes) is 1. The molecule has 1 aliphatic rings. The number of guanidine groups is 1. The van der Waals surface area contributed by atoms with Gasteiger partial charge in [0.1, 0.15) is 0 Å². The zero-order valence-corrected chi connectivity index (χ0v) is 13.1. The van der Waals surface area contributed by atoms with Gasteiger partial charge >= 0.3 is 0 Å². The molecule has 0 aromatic heterocycles. The van der Waals surface area contributed by atoms with E-state index in [2.05, 4.69) is 52.5 Å². The smallest absolute Gasteiger partial charge is 0.188 e. The van der Waals surface area contributed by atoms with Crippen LogP contribution in [-0.4, -0.2) is 37.0 Å². The Morgan fingerprint density at radius 2 is 2.00 bits per heavy atom. The number of benzene rings is 1. The quantitative estimate of drug-likeness (QED) is 0.460. The number of rotatable bonds is 7. The van der Waals surface area contributed by atoms with Gasteiger partial charge in [-0.2, -0.15) is 0 Å². The molecule has 0 bridgehead atoms. The first-order valence-corrected chi connectivity index (χ1v) is 8.14. The number of likely N-dealkylation sites (tertiary alicyclic amines) is 1. The average Bonchev–Trinajstić information content (AvgIpc) is 3.03. The van der Waals surface area contributed by atoms with Crippen LogP contribution in [0.4, 0.5) is 0 Å². The van der Waals surface area contributed by atoms with Gasteiger partial charge in [0.25, 0.3) is 0 Å². The van der Waals surface area contributed by atoms with Gasteiger partial charge in [0.05, 0.1) is 12.6 Å². The molecule has 1 unspecified atom stereocenters. The minimum absolute atomic E-state index is 0.347. The maximum Gasteiger partial charge on any atom is 0.188 e. The van der Waals surface area contributed by atoms with Crippen LogP contribution in [0.25, 0.3) is 0 Å². The van der Waals surface area contributed by atoms with E-state index in [0.717, 1.165) is 32.6 Å². The molecule has 0 aliphatic carbocycles. The van der Waals surface area contributed by atoms with E-state index in [-0.39, 0.29) is 0 Å². The molecule has 116 valence electrons. The van der Waals surface area contributed by atoms with E-state index in [1.165, 1.54) is 24.8 Å². The van der Waals surface area contributed by atoms with Gasteiger partial charge in [0, 0.05) is 6.54 Å². The summed E-state index contributed by atoms with van der Waals surface area (Å²) in [5.41, 5.74) is 7.30. The molecule has 21 heavy (non-hydrogen) atoms. The van der Waals surface area contributed by atoms with Crippen LogP contribution in [-0.2, 0) is 0 Å². The van der Waals surface area contributed by atoms with Gasteiger partial charge in [-0.3, -0.25) is 9.89 Å². The maximum absolute atomic E-state index is 5.96. The molecule has 0 spiro atoms. The third-order valence-electron chi connectivity index (χ3n) is 4.04. The van der Waals surface area contributed by atoms with Gasteiger partial charge in [-0.05, 0) is 37.9 Å². The molecule has 1 saturated heterocycles. The predicted molar refractivity (Wildman–Crippen MR) is 89.4 cm³/mol. The Morgan fingerprint density at radius 1 is 1.29 bits per heavy atom. The first-order valence-electron chi connectivity index (χ1n) is 8.14. The largest absolute Gasteiger partial charge is 0.370 e. The molecule has 1 atom stereocenters. The van der Waals surface area contributed by atoms with Gasteiger partial charge in [-0.15, -0.1) is 0 Å². The highest BCUT2D eigenvalue weighted by Gasteiger charge is 2.22. The van der Waals surface area contributed by atoms with Crippen molar-refractivity contribution >= 4 is 5.96 Å². The first kappa shape index (κ1) is 15.8. The number of aliphatic imine (C=N–C) groups is 1. The van der Waals surface area contributed by atoms with Crippen LogP contribution in [0.1, 0.15) is 44.2 Å². The van der Waals surface area contributed by atoms with Crippen molar-refractivity contribution in [2.24, 2.45) is 10.7 Å². The Hall–Kier alpha value is -1.55. The van der Waals surface area contributed by atoms with Crippen LogP contribution in [0.5, 0.6) is 0 Å². The van der Waals surface area contributed by atoms with Crippen molar-refractivity contribution in [2.75, 3.05) is 26.2 Å². The van der Waals surface area contributed by atoms with Crippen LogP contribution in [0, 0.1) is 0 Å². The summed E-state index contributed by atoms with van der Waals surface area (Å²) in [6, 6.07) is 11.0. The predicted octanol–water partition coefficient (Wildman–Crippen LogP) is 2.53. The van der Waals surface area contributed by atoms with E-state index in [1.54, 1.807) is 0 Å². The van der Waals surface area contributed by atoms with Crippen LogP contribution >= 0.6 is 0 Å². The summed E-state index contributed by atoms with van der Waals surface area (Å²) in [5, 5.41) is 3.19. The summed E-state index contributed by atoms with van der Waals surface area (Å²) in [4.78, 5) is 7.08. The Balaban J connectivity index is 1.97. The highest BCUT2D eigenvalue weighted by molar-refractivity contribution is 5.77.